The molecule has 4 aliphatic rings. The number of allylic oxidation sites excluding steroid dienone is 4. The first-order valence-electron chi connectivity index (χ1n) is 14.5. The second-order valence-electron chi connectivity index (χ2n) is 11.6. The van der Waals surface area contributed by atoms with E-state index in [0.717, 1.165) is 24.0 Å². The standard InChI is InChI=1S/C33H33ClFN5O3/c1-43-25-17-30(40(19-25)32(42)37-24-10-8-23(34)9-11-24)31(41)38-29-16-22(7-12-27(29)35)33(14-13-20-5-6-20)26-4-2-3-21(18-36)15-28(26)39-33/h2-4,7-12,15-16,20,25,28,30,39H,5-6,13-14,17,19H2,1H3,(H,37,42)(H,38,41)/t25-,28?,30-,33?/m1/s1. The lowest BCUT2D eigenvalue weighted by Gasteiger charge is -2.52. The fourth-order valence-electron chi connectivity index (χ4n) is 6.27. The number of carbonyl (C=O) groups excluding carboxylic acids is 2. The lowest BCUT2D eigenvalue weighted by Crippen LogP contribution is -2.62. The summed E-state index contributed by atoms with van der Waals surface area (Å²) in [7, 11) is 1.54. The highest BCUT2D eigenvalue weighted by Gasteiger charge is 2.50. The van der Waals surface area contributed by atoms with Gasteiger partial charge in [-0.25, -0.2) is 9.18 Å². The molecule has 1 saturated carbocycles. The van der Waals surface area contributed by atoms with Crippen molar-refractivity contribution in [2.45, 2.75) is 55.8 Å². The summed E-state index contributed by atoms with van der Waals surface area (Å²) in [5, 5.41) is 19.2. The van der Waals surface area contributed by atoms with Crippen molar-refractivity contribution in [2.75, 3.05) is 24.3 Å². The smallest absolute Gasteiger partial charge is 0.322 e. The van der Waals surface area contributed by atoms with Gasteiger partial charge in [0.15, 0.2) is 0 Å². The number of fused-ring (bicyclic) bond motifs is 1. The molecule has 0 aromatic heterocycles. The van der Waals surface area contributed by atoms with E-state index < -0.39 is 29.3 Å². The van der Waals surface area contributed by atoms with Crippen LogP contribution >= 0.6 is 11.6 Å². The van der Waals surface area contributed by atoms with Crippen molar-refractivity contribution >= 4 is 34.9 Å². The molecule has 3 fully saturated rings. The van der Waals surface area contributed by atoms with E-state index in [9.17, 15) is 14.9 Å². The van der Waals surface area contributed by atoms with Crippen LogP contribution in [0, 0.1) is 23.1 Å². The van der Waals surface area contributed by atoms with Gasteiger partial charge in [-0.2, -0.15) is 5.26 Å². The first kappa shape index (κ1) is 29.1. The number of ether oxygens (including phenoxy) is 1. The van der Waals surface area contributed by atoms with Crippen LogP contribution < -0.4 is 16.0 Å². The number of nitrogens with zero attached hydrogens (tertiary/aromatic N) is 2. The number of anilines is 2. The molecule has 2 aliphatic heterocycles. The maximum Gasteiger partial charge on any atom is 0.322 e. The van der Waals surface area contributed by atoms with Gasteiger partial charge in [0.05, 0.1) is 29.4 Å². The van der Waals surface area contributed by atoms with E-state index in [1.807, 2.05) is 18.2 Å². The van der Waals surface area contributed by atoms with Gasteiger partial charge >= 0.3 is 6.03 Å². The molecule has 43 heavy (non-hydrogen) atoms. The Hall–Kier alpha value is -3.97. The van der Waals surface area contributed by atoms with Crippen LogP contribution in [0.3, 0.4) is 0 Å². The molecule has 2 unspecified atom stereocenters. The number of hydrogen-bond acceptors (Lipinski definition) is 5. The summed E-state index contributed by atoms with van der Waals surface area (Å²) in [4.78, 5) is 28.2. The monoisotopic (exact) mass is 601 g/mol. The van der Waals surface area contributed by atoms with Gasteiger partial charge in [0.25, 0.3) is 0 Å². The lowest BCUT2D eigenvalue weighted by atomic mass is 9.68. The molecule has 222 valence electrons. The fourth-order valence-corrected chi connectivity index (χ4v) is 6.39. The van der Waals surface area contributed by atoms with Gasteiger partial charge < -0.3 is 20.3 Å². The van der Waals surface area contributed by atoms with Crippen molar-refractivity contribution in [3.63, 3.8) is 0 Å². The molecule has 8 nitrogen and oxygen atoms in total. The Morgan fingerprint density at radius 2 is 2.00 bits per heavy atom. The first-order chi connectivity index (χ1) is 20.8. The van der Waals surface area contributed by atoms with Crippen molar-refractivity contribution in [3.05, 3.63) is 94.3 Å². The molecule has 0 bridgehead atoms. The van der Waals surface area contributed by atoms with Crippen LogP contribution in [0.1, 0.15) is 37.7 Å². The molecule has 0 radical (unpaired) electrons. The number of nitriles is 1. The lowest BCUT2D eigenvalue weighted by molar-refractivity contribution is -0.119. The van der Waals surface area contributed by atoms with E-state index in [1.165, 1.54) is 30.9 Å². The van der Waals surface area contributed by atoms with E-state index in [4.69, 9.17) is 16.3 Å². The molecule has 3 amide bonds. The second-order valence-corrected chi connectivity index (χ2v) is 12.0. The average Bonchev–Trinajstić information content (AvgIpc) is 3.75. The first-order valence-corrected chi connectivity index (χ1v) is 14.9. The van der Waals surface area contributed by atoms with Crippen LogP contribution in [0.15, 0.2) is 77.9 Å². The van der Waals surface area contributed by atoms with Gasteiger partial charge in [0.2, 0.25) is 5.91 Å². The van der Waals surface area contributed by atoms with Crippen molar-refractivity contribution < 1.29 is 18.7 Å². The number of rotatable bonds is 8. The average molecular weight is 602 g/mol. The molecule has 6 rings (SSSR count). The van der Waals surface area contributed by atoms with Gasteiger partial charge in [-0.3, -0.25) is 10.1 Å². The zero-order valence-corrected chi connectivity index (χ0v) is 24.5. The summed E-state index contributed by atoms with van der Waals surface area (Å²) < 4.78 is 20.7. The number of carbonyl (C=O) groups is 2. The number of urea groups is 1. The summed E-state index contributed by atoms with van der Waals surface area (Å²) >= 11 is 5.96. The third-order valence-electron chi connectivity index (χ3n) is 8.85. The second kappa shape index (κ2) is 12.0. The summed E-state index contributed by atoms with van der Waals surface area (Å²) in [5.41, 5.74) is 2.59. The molecular weight excluding hydrogens is 569 g/mol. The van der Waals surface area contributed by atoms with E-state index in [0.29, 0.717) is 22.2 Å². The van der Waals surface area contributed by atoms with Crippen LogP contribution in [0.2, 0.25) is 5.02 Å². The minimum atomic E-state index is -0.861. The zero-order valence-electron chi connectivity index (χ0n) is 23.8. The van der Waals surface area contributed by atoms with Gasteiger partial charge in [0.1, 0.15) is 11.9 Å². The Bertz CT molecular complexity index is 1560. The molecule has 0 spiro atoms. The minimum Gasteiger partial charge on any atom is -0.380 e. The predicted octanol–water partition coefficient (Wildman–Crippen LogP) is 6.04. The number of methoxy groups -OCH3 is 1. The van der Waals surface area contributed by atoms with Gasteiger partial charge in [0, 0.05) is 36.4 Å². The number of likely N-dealkylation sites (tertiary alicyclic amines) is 1. The third-order valence-corrected chi connectivity index (χ3v) is 9.11. The quantitative estimate of drug-likeness (QED) is 0.342. The predicted molar refractivity (Wildman–Crippen MR) is 163 cm³/mol. The highest BCUT2D eigenvalue weighted by molar-refractivity contribution is 6.30. The van der Waals surface area contributed by atoms with E-state index >= 15 is 4.39 Å². The van der Waals surface area contributed by atoms with Crippen LogP contribution in [0.4, 0.5) is 20.6 Å². The Kier molecular flexibility index (Phi) is 8.10. The Labute approximate surface area is 255 Å². The van der Waals surface area contributed by atoms with Crippen molar-refractivity contribution in [1.82, 2.24) is 10.2 Å². The number of benzene rings is 2. The fraction of sp³-hybridized carbons (Fsp3) is 0.364. The summed E-state index contributed by atoms with van der Waals surface area (Å²) in [5.74, 6) is -0.373. The zero-order chi connectivity index (χ0) is 30.1. The highest BCUT2D eigenvalue weighted by atomic mass is 35.5. The SMILES string of the molecule is CO[C@@H]1C[C@H](C(=O)Nc2cc(C3(CCC4CC4)NC4C=C(C#N)C=CC=C43)ccc2F)N(C(=O)Nc2ccc(Cl)cc2)C1. The van der Waals surface area contributed by atoms with Gasteiger partial charge in [-0.15, -0.1) is 0 Å². The minimum absolute atomic E-state index is 0.0514. The van der Waals surface area contributed by atoms with Crippen molar-refractivity contribution in [2.24, 2.45) is 5.92 Å². The normalized spacial score (nSPS) is 25.9. The number of amides is 3. The highest BCUT2D eigenvalue weighted by Crippen LogP contribution is 2.49. The molecule has 2 aromatic carbocycles. The van der Waals surface area contributed by atoms with Crippen LogP contribution in [-0.2, 0) is 15.1 Å². The Morgan fingerprint density at radius 3 is 2.72 bits per heavy atom. The molecule has 2 aliphatic carbocycles. The molecule has 2 heterocycles. The Morgan fingerprint density at radius 1 is 1.21 bits per heavy atom. The molecule has 2 saturated heterocycles. The molecule has 4 atom stereocenters. The largest absolute Gasteiger partial charge is 0.380 e. The van der Waals surface area contributed by atoms with Crippen molar-refractivity contribution in [1.29, 1.82) is 5.26 Å². The number of halogens is 2. The van der Waals surface area contributed by atoms with Crippen LogP contribution in [0.5, 0.6) is 0 Å². The summed E-state index contributed by atoms with van der Waals surface area (Å²) in [6.45, 7) is 0.214. The van der Waals surface area contributed by atoms with E-state index in [2.05, 4.69) is 22.0 Å². The molecule has 10 heteroatoms. The summed E-state index contributed by atoms with van der Waals surface area (Å²) in [6.07, 6.45) is 11.8. The van der Waals surface area contributed by atoms with E-state index in [1.54, 1.807) is 42.5 Å². The summed E-state index contributed by atoms with van der Waals surface area (Å²) in [6, 6.07) is 12.3. The number of nitrogens with one attached hydrogen (secondary N) is 3. The maximum atomic E-state index is 15.2. The molecular formula is C33H33ClFN5O3. The maximum absolute atomic E-state index is 15.2. The van der Waals surface area contributed by atoms with Gasteiger partial charge in [-0.1, -0.05) is 42.7 Å². The molecule has 2 aromatic rings. The topological polar surface area (TPSA) is 106 Å². The Balaban J connectivity index is 1.24. The van der Waals surface area contributed by atoms with E-state index in [-0.39, 0.29) is 30.8 Å². The number of hydrogen-bond donors (Lipinski definition) is 3. The third kappa shape index (κ3) is 5.96. The van der Waals surface area contributed by atoms with Crippen LogP contribution in [-0.4, -0.2) is 48.7 Å². The van der Waals surface area contributed by atoms with Crippen molar-refractivity contribution in [3.8, 4) is 6.07 Å². The molecule has 3 N–H and O–H groups in total. The van der Waals surface area contributed by atoms with Crippen LogP contribution in [0.25, 0.3) is 0 Å². The van der Waals surface area contributed by atoms with Gasteiger partial charge in [-0.05, 0) is 78.4 Å².